The van der Waals surface area contributed by atoms with Crippen molar-refractivity contribution in [3.8, 4) is 17.2 Å². The first-order valence-electron chi connectivity index (χ1n) is 4.13. The molecule has 1 aromatic heterocycles. The van der Waals surface area contributed by atoms with Crippen LogP contribution in [0.15, 0.2) is 22.6 Å². The molecule has 0 spiro atoms. The second kappa shape index (κ2) is 3.78. The van der Waals surface area contributed by atoms with Crippen LogP contribution < -0.4 is 10.5 Å². The van der Waals surface area contributed by atoms with E-state index in [0.29, 0.717) is 22.2 Å². The second-order valence-corrected chi connectivity index (χ2v) is 3.23. The number of nitrogens with two attached hydrogens (primary N) is 1. The molecular formula is C9H8ClN3O2. The first kappa shape index (κ1) is 9.79. The van der Waals surface area contributed by atoms with Crippen LogP contribution in [0.25, 0.3) is 11.5 Å². The van der Waals surface area contributed by atoms with Gasteiger partial charge in [0.25, 0.3) is 5.89 Å². The van der Waals surface area contributed by atoms with E-state index < -0.39 is 0 Å². The number of hydrogen-bond donors (Lipinski definition) is 1. The van der Waals surface area contributed by atoms with Crippen LogP contribution in [0.5, 0.6) is 5.75 Å². The van der Waals surface area contributed by atoms with Gasteiger partial charge in [0.2, 0.25) is 0 Å². The maximum Gasteiger partial charge on any atom is 0.313 e. The number of nitrogens with zero attached hydrogens (tertiary/aromatic N) is 2. The van der Waals surface area contributed by atoms with Gasteiger partial charge in [0, 0.05) is 5.02 Å². The van der Waals surface area contributed by atoms with Gasteiger partial charge in [-0.05, 0) is 18.2 Å². The number of nitrogen functional groups attached to an aromatic ring is 1. The smallest absolute Gasteiger partial charge is 0.313 e. The van der Waals surface area contributed by atoms with Gasteiger partial charge < -0.3 is 14.9 Å². The third kappa shape index (κ3) is 1.87. The molecule has 2 aromatic rings. The van der Waals surface area contributed by atoms with E-state index in [9.17, 15) is 0 Å². The Hall–Kier alpha value is -1.75. The summed E-state index contributed by atoms with van der Waals surface area (Å²) in [6.45, 7) is 0. The molecular weight excluding hydrogens is 218 g/mol. The van der Waals surface area contributed by atoms with E-state index in [0.717, 1.165) is 0 Å². The third-order valence-corrected chi connectivity index (χ3v) is 2.07. The monoisotopic (exact) mass is 225 g/mol. The van der Waals surface area contributed by atoms with Crippen molar-refractivity contribution >= 4 is 17.6 Å². The predicted molar refractivity (Wildman–Crippen MR) is 55.7 cm³/mol. The molecule has 0 fully saturated rings. The van der Waals surface area contributed by atoms with Gasteiger partial charge >= 0.3 is 6.01 Å². The lowest BCUT2D eigenvalue weighted by atomic mass is 10.2. The lowest BCUT2D eigenvalue weighted by Crippen LogP contribution is -1.87. The Morgan fingerprint density at radius 3 is 2.80 bits per heavy atom. The van der Waals surface area contributed by atoms with Crippen LogP contribution in [0.4, 0.5) is 6.01 Å². The molecule has 1 heterocycles. The van der Waals surface area contributed by atoms with Gasteiger partial charge in [0.05, 0.1) is 12.7 Å². The van der Waals surface area contributed by atoms with Crippen LogP contribution in [-0.2, 0) is 0 Å². The van der Waals surface area contributed by atoms with Gasteiger partial charge in [-0.1, -0.05) is 16.7 Å². The topological polar surface area (TPSA) is 74.2 Å². The second-order valence-electron chi connectivity index (χ2n) is 2.79. The molecule has 15 heavy (non-hydrogen) atoms. The summed E-state index contributed by atoms with van der Waals surface area (Å²) in [4.78, 5) is 0. The highest BCUT2D eigenvalue weighted by Gasteiger charge is 2.12. The van der Waals surface area contributed by atoms with E-state index >= 15 is 0 Å². The van der Waals surface area contributed by atoms with Gasteiger partial charge in [0.15, 0.2) is 0 Å². The summed E-state index contributed by atoms with van der Waals surface area (Å²) in [6, 6.07) is 5.12. The average molecular weight is 226 g/mol. The zero-order chi connectivity index (χ0) is 10.8. The molecule has 78 valence electrons. The fraction of sp³-hybridized carbons (Fsp3) is 0.111. The zero-order valence-corrected chi connectivity index (χ0v) is 8.65. The molecule has 6 heteroatoms. The standard InChI is InChI=1S/C9H8ClN3O2/c1-14-7-4-5(10)2-3-6(7)8-12-13-9(11)15-8/h2-4H,1H3,(H2,11,13). The highest BCUT2D eigenvalue weighted by Crippen LogP contribution is 2.31. The third-order valence-electron chi connectivity index (χ3n) is 1.83. The largest absolute Gasteiger partial charge is 0.496 e. The minimum absolute atomic E-state index is 0.0157. The summed E-state index contributed by atoms with van der Waals surface area (Å²) in [6.07, 6.45) is 0. The van der Waals surface area contributed by atoms with Crippen molar-refractivity contribution in [1.29, 1.82) is 0 Å². The van der Waals surface area contributed by atoms with Crippen molar-refractivity contribution < 1.29 is 9.15 Å². The van der Waals surface area contributed by atoms with Crippen LogP contribution in [-0.4, -0.2) is 17.3 Å². The Morgan fingerprint density at radius 2 is 2.20 bits per heavy atom. The number of hydrogen-bond acceptors (Lipinski definition) is 5. The summed E-state index contributed by atoms with van der Waals surface area (Å²) in [7, 11) is 1.54. The van der Waals surface area contributed by atoms with E-state index in [-0.39, 0.29) is 6.01 Å². The first-order chi connectivity index (χ1) is 7.20. The van der Waals surface area contributed by atoms with E-state index in [1.165, 1.54) is 7.11 Å². The van der Waals surface area contributed by atoms with Crippen molar-refractivity contribution in [1.82, 2.24) is 10.2 Å². The van der Waals surface area contributed by atoms with Crippen molar-refractivity contribution in [2.24, 2.45) is 0 Å². The van der Waals surface area contributed by atoms with Crippen molar-refractivity contribution in [2.75, 3.05) is 12.8 Å². The summed E-state index contributed by atoms with van der Waals surface area (Å²) >= 11 is 5.82. The highest BCUT2D eigenvalue weighted by molar-refractivity contribution is 6.30. The lowest BCUT2D eigenvalue weighted by molar-refractivity contribution is 0.414. The number of aromatic nitrogens is 2. The molecule has 0 saturated carbocycles. The van der Waals surface area contributed by atoms with Crippen LogP contribution in [0, 0.1) is 0 Å². The number of rotatable bonds is 2. The van der Waals surface area contributed by atoms with Gasteiger partial charge in [-0.15, -0.1) is 5.10 Å². The summed E-state index contributed by atoms with van der Waals surface area (Å²) in [5.41, 5.74) is 5.99. The maximum absolute atomic E-state index is 5.82. The summed E-state index contributed by atoms with van der Waals surface area (Å²) in [5, 5.41) is 7.90. The molecule has 0 radical (unpaired) electrons. The van der Waals surface area contributed by atoms with Gasteiger partial charge in [-0.3, -0.25) is 0 Å². The van der Waals surface area contributed by atoms with Crippen LogP contribution in [0.3, 0.4) is 0 Å². The van der Waals surface area contributed by atoms with Gasteiger partial charge in [0.1, 0.15) is 5.75 Å². The molecule has 0 aliphatic carbocycles. The molecule has 0 amide bonds. The van der Waals surface area contributed by atoms with Crippen molar-refractivity contribution in [3.05, 3.63) is 23.2 Å². The number of halogens is 1. The van der Waals surface area contributed by atoms with Crippen molar-refractivity contribution in [2.45, 2.75) is 0 Å². The molecule has 2 rings (SSSR count). The Labute approximate surface area is 90.8 Å². The maximum atomic E-state index is 5.82. The minimum atomic E-state index is 0.0157. The Balaban J connectivity index is 2.52. The van der Waals surface area contributed by atoms with Crippen LogP contribution in [0.1, 0.15) is 0 Å². The lowest BCUT2D eigenvalue weighted by Gasteiger charge is -2.04. The number of benzene rings is 1. The molecule has 0 atom stereocenters. The van der Waals surface area contributed by atoms with E-state index in [2.05, 4.69) is 10.2 Å². The Bertz CT molecular complexity index is 484. The molecule has 0 unspecified atom stereocenters. The quantitative estimate of drug-likeness (QED) is 0.846. The molecule has 1 aromatic carbocycles. The number of ether oxygens (including phenoxy) is 1. The highest BCUT2D eigenvalue weighted by atomic mass is 35.5. The fourth-order valence-electron chi connectivity index (χ4n) is 1.19. The summed E-state index contributed by atoms with van der Waals surface area (Å²) < 4.78 is 10.2. The number of methoxy groups -OCH3 is 1. The van der Waals surface area contributed by atoms with Crippen LogP contribution >= 0.6 is 11.6 Å². The SMILES string of the molecule is COc1cc(Cl)ccc1-c1nnc(N)o1. The molecule has 0 aliphatic heterocycles. The Kier molecular flexibility index (Phi) is 2.47. The molecule has 0 bridgehead atoms. The zero-order valence-electron chi connectivity index (χ0n) is 7.90. The molecule has 2 N–H and O–H groups in total. The fourth-order valence-corrected chi connectivity index (χ4v) is 1.35. The summed E-state index contributed by atoms with van der Waals surface area (Å²) in [5.74, 6) is 0.868. The van der Waals surface area contributed by atoms with Crippen LogP contribution in [0.2, 0.25) is 5.02 Å². The van der Waals surface area contributed by atoms with Gasteiger partial charge in [-0.25, -0.2) is 0 Å². The van der Waals surface area contributed by atoms with Crippen molar-refractivity contribution in [3.63, 3.8) is 0 Å². The molecule has 0 aliphatic rings. The minimum Gasteiger partial charge on any atom is -0.496 e. The van der Waals surface area contributed by atoms with E-state index in [1.807, 2.05) is 0 Å². The predicted octanol–water partition coefficient (Wildman–Crippen LogP) is 1.98. The van der Waals surface area contributed by atoms with Gasteiger partial charge in [-0.2, -0.15) is 0 Å². The average Bonchev–Trinajstić information content (AvgIpc) is 2.64. The van der Waals surface area contributed by atoms with E-state index in [4.69, 9.17) is 26.5 Å². The number of anilines is 1. The molecule has 0 saturated heterocycles. The first-order valence-corrected chi connectivity index (χ1v) is 4.51. The molecule has 5 nitrogen and oxygen atoms in total. The van der Waals surface area contributed by atoms with E-state index in [1.54, 1.807) is 18.2 Å². The normalized spacial score (nSPS) is 10.3. The Morgan fingerprint density at radius 1 is 1.40 bits per heavy atom.